The van der Waals surface area contributed by atoms with Gasteiger partial charge in [0.15, 0.2) is 0 Å². The zero-order valence-electron chi connectivity index (χ0n) is 9.43. The molecule has 10 heteroatoms. The maximum atomic E-state index is 12.8. The molecule has 1 aromatic rings. The van der Waals surface area contributed by atoms with Gasteiger partial charge < -0.3 is 0 Å². The molecule has 0 aliphatic heterocycles. The molecule has 0 heterocycles. The van der Waals surface area contributed by atoms with E-state index in [0.717, 1.165) is 13.0 Å². The van der Waals surface area contributed by atoms with Crippen molar-refractivity contribution in [1.82, 2.24) is 0 Å². The van der Waals surface area contributed by atoms with Crippen LogP contribution in [0.2, 0.25) is 0 Å². The van der Waals surface area contributed by atoms with E-state index in [2.05, 4.69) is 9.19 Å². The Morgan fingerprint density at radius 2 is 2.00 bits per heavy atom. The van der Waals surface area contributed by atoms with E-state index in [1.807, 2.05) is 0 Å². The number of nitrogens with one attached hydrogen (secondary N) is 1. The van der Waals surface area contributed by atoms with Crippen molar-refractivity contribution < 1.29 is 34.9 Å². The fourth-order valence-electron chi connectivity index (χ4n) is 1.33. The van der Waals surface area contributed by atoms with Gasteiger partial charge in [-0.2, -0.15) is 0 Å². The first-order valence-corrected chi connectivity index (χ1v) is 8.04. The number of rotatable bonds is 3. The van der Waals surface area contributed by atoms with Gasteiger partial charge in [0, 0.05) is 0 Å². The second-order valence-corrected chi connectivity index (χ2v) is 7.05. The van der Waals surface area contributed by atoms with Gasteiger partial charge in [-0.05, 0) is 0 Å². The number of anilines is 1. The summed E-state index contributed by atoms with van der Waals surface area (Å²) in [5.74, 6) is -0.600. The van der Waals surface area contributed by atoms with Gasteiger partial charge in [0.05, 0.1) is 0 Å². The van der Waals surface area contributed by atoms with Crippen molar-refractivity contribution >= 4 is 30.1 Å². The second kappa shape index (κ2) is 5.38. The van der Waals surface area contributed by atoms with E-state index < -0.39 is 36.2 Å². The third-order valence-corrected chi connectivity index (χ3v) is 4.60. The normalized spacial score (nSPS) is 14.8. The molecule has 1 rings (SSSR count). The van der Waals surface area contributed by atoms with Crippen molar-refractivity contribution in [2.24, 2.45) is 0 Å². The molecule has 0 spiro atoms. The fourth-order valence-corrected chi connectivity index (χ4v) is 3.11. The van der Waals surface area contributed by atoms with Gasteiger partial charge in [0.2, 0.25) is 0 Å². The molecule has 0 radical (unpaired) electrons. The van der Waals surface area contributed by atoms with Gasteiger partial charge >= 0.3 is 107 Å². The van der Waals surface area contributed by atoms with Crippen LogP contribution in [-0.4, -0.2) is 29.4 Å². The number of halogens is 3. The van der Waals surface area contributed by atoms with Crippen LogP contribution in [0.4, 0.5) is 18.9 Å². The summed E-state index contributed by atoms with van der Waals surface area (Å²) in [7, 11) is 0. The van der Waals surface area contributed by atoms with Gasteiger partial charge in [0.1, 0.15) is 0 Å². The van der Waals surface area contributed by atoms with E-state index in [-0.39, 0.29) is 5.69 Å². The first-order chi connectivity index (χ1) is 8.58. The van der Waals surface area contributed by atoms with Crippen LogP contribution in [0.25, 0.3) is 0 Å². The van der Waals surface area contributed by atoms with E-state index in [4.69, 9.17) is 9.35 Å². The Morgan fingerprint density at radius 3 is 2.42 bits per heavy atom. The number of carbonyl (C=O) groups excluding carboxylic acids is 1. The average molecular weight is 343 g/mol. The Kier molecular flexibility index (Phi) is 4.46. The van der Waals surface area contributed by atoms with Crippen LogP contribution in [-0.2, 0) is 18.6 Å². The molecule has 6 nitrogen and oxygen atoms in total. The van der Waals surface area contributed by atoms with E-state index in [0.29, 0.717) is 12.1 Å². The molecule has 0 saturated carbocycles. The summed E-state index contributed by atoms with van der Waals surface area (Å²) in [6.07, 6.45) is -4.94. The third-order valence-electron chi connectivity index (χ3n) is 2.04. The van der Waals surface area contributed by atoms with E-state index in [1.54, 1.807) is 0 Å². The minimum atomic E-state index is -5.66. The van der Waals surface area contributed by atoms with Crippen molar-refractivity contribution in [2.45, 2.75) is 13.1 Å². The molecule has 0 saturated heterocycles. The summed E-state index contributed by atoms with van der Waals surface area (Å²) in [6, 6.07) is 2.15. The van der Waals surface area contributed by atoms with Gasteiger partial charge in [0.25, 0.3) is 0 Å². The predicted octanol–water partition coefficient (Wildman–Crippen LogP) is 0.722. The molecule has 106 valence electrons. The summed E-state index contributed by atoms with van der Waals surface area (Å²) in [4.78, 5) is 10.8. The molecule has 3 N–H and O–H groups in total. The molecule has 19 heavy (non-hydrogen) atoms. The number of benzene rings is 1. The SMILES string of the molecule is CC(=O)Nc1ccc([As](=O)(O)OO)c(C(F)(F)F)c1. The molecule has 1 unspecified atom stereocenters. The molecule has 0 aromatic heterocycles. The van der Waals surface area contributed by atoms with Crippen LogP contribution in [0.3, 0.4) is 0 Å². The summed E-state index contributed by atoms with van der Waals surface area (Å²) >= 11 is -5.66. The molecular weight excluding hydrogens is 334 g/mol. The summed E-state index contributed by atoms with van der Waals surface area (Å²) in [6.45, 7) is 1.10. The molecule has 0 fully saturated rings. The van der Waals surface area contributed by atoms with Crippen molar-refractivity contribution in [1.29, 1.82) is 0 Å². The Labute approximate surface area is 108 Å². The van der Waals surface area contributed by atoms with E-state index in [9.17, 15) is 21.7 Å². The Morgan fingerprint density at radius 1 is 1.42 bits per heavy atom. The Hall–Kier alpha value is -1.28. The first-order valence-electron chi connectivity index (χ1n) is 4.73. The van der Waals surface area contributed by atoms with Crippen molar-refractivity contribution in [3.05, 3.63) is 23.8 Å². The summed E-state index contributed by atoms with van der Waals surface area (Å²) < 4.78 is 61.0. The monoisotopic (exact) mass is 343 g/mol. The van der Waals surface area contributed by atoms with E-state index >= 15 is 0 Å². The molecule has 1 amide bonds. The number of carbonyl (C=O) groups is 1. The second-order valence-electron chi connectivity index (χ2n) is 3.51. The number of hydrogen-bond donors (Lipinski definition) is 3. The van der Waals surface area contributed by atoms with Gasteiger partial charge in [-0.1, -0.05) is 0 Å². The molecule has 1 atom stereocenters. The maximum absolute atomic E-state index is 12.8. The van der Waals surface area contributed by atoms with Crippen LogP contribution < -0.4 is 9.67 Å². The Balaban J connectivity index is 3.42. The Bertz CT molecular complexity index is 545. The number of amides is 1. The fraction of sp³-hybridized carbons (Fsp3) is 0.222. The minimum absolute atomic E-state index is 0.197. The van der Waals surface area contributed by atoms with Gasteiger partial charge in [-0.15, -0.1) is 0 Å². The zero-order chi connectivity index (χ0) is 14.8. The molecule has 0 aliphatic rings. The average Bonchev–Trinajstić information content (AvgIpc) is 2.26. The number of hydrogen-bond acceptors (Lipinski definition) is 4. The molecule has 0 bridgehead atoms. The molecular formula is C9H9AsF3NO5. The predicted molar refractivity (Wildman–Crippen MR) is 57.8 cm³/mol. The van der Waals surface area contributed by atoms with E-state index in [1.165, 1.54) is 0 Å². The topological polar surface area (TPSA) is 95.9 Å². The van der Waals surface area contributed by atoms with Crippen LogP contribution >= 0.6 is 0 Å². The quantitative estimate of drug-likeness (QED) is 0.427. The van der Waals surface area contributed by atoms with Crippen molar-refractivity contribution in [3.8, 4) is 0 Å². The zero-order valence-corrected chi connectivity index (χ0v) is 11.3. The van der Waals surface area contributed by atoms with Crippen LogP contribution in [0.5, 0.6) is 0 Å². The summed E-state index contributed by atoms with van der Waals surface area (Å²) in [5.41, 5.74) is -1.66. The summed E-state index contributed by atoms with van der Waals surface area (Å²) in [5, 5.41) is 10.3. The van der Waals surface area contributed by atoms with Gasteiger partial charge in [-0.25, -0.2) is 0 Å². The van der Waals surface area contributed by atoms with Crippen LogP contribution in [0.1, 0.15) is 12.5 Å². The van der Waals surface area contributed by atoms with Crippen molar-refractivity contribution in [2.75, 3.05) is 5.32 Å². The first kappa shape index (κ1) is 15.8. The van der Waals surface area contributed by atoms with Crippen LogP contribution in [0, 0.1) is 0 Å². The number of alkyl halides is 3. The molecule has 1 aromatic carbocycles. The third kappa shape index (κ3) is 3.84. The van der Waals surface area contributed by atoms with Crippen LogP contribution in [0.15, 0.2) is 18.2 Å². The van der Waals surface area contributed by atoms with Crippen molar-refractivity contribution in [3.63, 3.8) is 0 Å². The standard InChI is InChI=1S/C9H9AsF3NO5/c1-5(15)14-6-2-3-8(10(16,17)19-18)7(4-6)9(11,12)13/h2-4,18H,1H3,(H,14,15)(H,16,17). The molecule has 0 aliphatic carbocycles. The van der Waals surface area contributed by atoms with Gasteiger partial charge in [-0.3, -0.25) is 0 Å².